The van der Waals surface area contributed by atoms with Crippen LogP contribution in [0.15, 0.2) is 12.1 Å². The normalized spacial score (nSPS) is 16.8. The van der Waals surface area contributed by atoms with Crippen molar-refractivity contribution in [2.45, 2.75) is 6.42 Å². The van der Waals surface area contributed by atoms with Gasteiger partial charge in [-0.05, 0) is 18.1 Å². The van der Waals surface area contributed by atoms with Crippen LogP contribution in [0.2, 0.25) is 5.02 Å². The third-order valence-electron chi connectivity index (χ3n) is 3.24. The van der Waals surface area contributed by atoms with Crippen molar-refractivity contribution in [2.24, 2.45) is 0 Å². The number of ether oxygens (including phenoxy) is 1. The summed E-state index contributed by atoms with van der Waals surface area (Å²) in [6, 6.07) is 3.43. The monoisotopic (exact) mass is 272 g/mol. The van der Waals surface area contributed by atoms with E-state index in [4.69, 9.17) is 16.3 Å². The van der Waals surface area contributed by atoms with Crippen LogP contribution in [0.25, 0.3) is 0 Å². The number of methoxy groups -OCH3 is 1. The summed E-state index contributed by atoms with van der Waals surface area (Å²) in [5.74, 6) is -0.186. The number of benzene rings is 1. The zero-order valence-electron chi connectivity index (χ0n) is 10.5. The first kappa shape index (κ1) is 13.6. The fraction of sp³-hybridized carbons (Fsp3) is 0.538. The van der Waals surface area contributed by atoms with E-state index in [1.165, 1.54) is 7.11 Å². The summed E-state index contributed by atoms with van der Waals surface area (Å²) in [4.78, 5) is 2.36. The Morgan fingerprint density at radius 1 is 1.39 bits per heavy atom. The van der Waals surface area contributed by atoms with E-state index >= 15 is 0 Å². The molecule has 0 aromatic heterocycles. The molecule has 0 radical (unpaired) electrons. The van der Waals surface area contributed by atoms with Crippen LogP contribution in [0.1, 0.15) is 5.56 Å². The van der Waals surface area contributed by atoms with Gasteiger partial charge in [0.2, 0.25) is 0 Å². The zero-order valence-corrected chi connectivity index (χ0v) is 11.3. The predicted octanol–water partition coefficient (Wildman–Crippen LogP) is 1.94. The molecule has 0 bridgehead atoms. The van der Waals surface area contributed by atoms with Crippen molar-refractivity contribution in [3.63, 3.8) is 0 Å². The van der Waals surface area contributed by atoms with Crippen LogP contribution in [-0.2, 0) is 6.42 Å². The van der Waals surface area contributed by atoms with Gasteiger partial charge in [0.15, 0.2) is 11.6 Å². The number of nitrogens with zero attached hydrogens (tertiary/aromatic N) is 1. The molecule has 0 spiro atoms. The Bertz CT molecular complexity index is 408. The van der Waals surface area contributed by atoms with Gasteiger partial charge in [0.1, 0.15) is 0 Å². The summed E-state index contributed by atoms with van der Waals surface area (Å²) >= 11 is 5.74. The smallest absolute Gasteiger partial charge is 0.183 e. The molecule has 0 atom stereocenters. The Morgan fingerprint density at radius 2 is 2.11 bits per heavy atom. The molecule has 5 heteroatoms. The van der Waals surface area contributed by atoms with E-state index < -0.39 is 5.82 Å². The molecular weight excluding hydrogens is 255 g/mol. The molecule has 2 rings (SSSR count). The van der Waals surface area contributed by atoms with Gasteiger partial charge in [-0.3, -0.25) is 0 Å². The third kappa shape index (κ3) is 3.13. The number of rotatable bonds is 4. The molecule has 18 heavy (non-hydrogen) atoms. The Morgan fingerprint density at radius 3 is 2.78 bits per heavy atom. The third-order valence-corrected chi connectivity index (χ3v) is 3.53. The first-order valence-electron chi connectivity index (χ1n) is 6.16. The van der Waals surface area contributed by atoms with Gasteiger partial charge in [0.05, 0.1) is 12.1 Å². The number of hydrogen-bond acceptors (Lipinski definition) is 3. The molecule has 1 N–H and O–H groups in total. The minimum Gasteiger partial charge on any atom is -0.493 e. The average Bonchev–Trinajstić information content (AvgIpc) is 2.41. The van der Waals surface area contributed by atoms with Gasteiger partial charge < -0.3 is 15.0 Å². The van der Waals surface area contributed by atoms with Gasteiger partial charge in [0.25, 0.3) is 0 Å². The van der Waals surface area contributed by atoms with Crippen LogP contribution in [0, 0.1) is 5.82 Å². The molecule has 1 aromatic rings. The number of nitrogens with one attached hydrogen (secondary N) is 1. The molecule has 1 aliphatic rings. The second-order valence-electron chi connectivity index (χ2n) is 4.40. The maximum Gasteiger partial charge on any atom is 0.183 e. The van der Waals surface area contributed by atoms with E-state index in [0.29, 0.717) is 0 Å². The fourth-order valence-electron chi connectivity index (χ4n) is 2.20. The lowest BCUT2D eigenvalue weighted by Gasteiger charge is -2.27. The van der Waals surface area contributed by atoms with Gasteiger partial charge in [0, 0.05) is 32.7 Å². The summed E-state index contributed by atoms with van der Waals surface area (Å²) in [5, 5.41) is 3.42. The molecule has 0 saturated carbocycles. The predicted molar refractivity (Wildman–Crippen MR) is 71.0 cm³/mol. The van der Waals surface area contributed by atoms with Gasteiger partial charge in [-0.1, -0.05) is 17.7 Å². The topological polar surface area (TPSA) is 24.5 Å². The van der Waals surface area contributed by atoms with E-state index in [1.54, 1.807) is 6.07 Å². The standard InChI is InChI=1S/C13H18ClFN2O/c1-18-13-10(2-3-11(14)12(13)15)4-7-17-8-5-16-6-9-17/h2-3,16H,4-9H2,1H3. The van der Waals surface area contributed by atoms with Crippen molar-refractivity contribution in [3.05, 3.63) is 28.5 Å². The highest BCUT2D eigenvalue weighted by molar-refractivity contribution is 6.30. The van der Waals surface area contributed by atoms with Gasteiger partial charge >= 0.3 is 0 Å². The molecular formula is C13H18ClFN2O. The zero-order chi connectivity index (χ0) is 13.0. The Hall–Kier alpha value is -0.840. The van der Waals surface area contributed by atoms with Crippen molar-refractivity contribution < 1.29 is 9.13 Å². The van der Waals surface area contributed by atoms with Gasteiger partial charge in [-0.2, -0.15) is 0 Å². The molecule has 100 valence electrons. The molecule has 1 heterocycles. The van der Waals surface area contributed by atoms with Crippen molar-refractivity contribution in [1.29, 1.82) is 0 Å². The minimum atomic E-state index is -0.461. The first-order valence-corrected chi connectivity index (χ1v) is 6.54. The Kier molecular flexibility index (Phi) is 4.80. The van der Waals surface area contributed by atoms with Gasteiger partial charge in [-0.15, -0.1) is 0 Å². The van der Waals surface area contributed by atoms with Gasteiger partial charge in [-0.25, -0.2) is 4.39 Å². The van der Waals surface area contributed by atoms with E-state index in [1.807, 2.05) is 6.07 Å². The molecule has 0 aliphatic carbocycles. The molecule has 3 nitrogen and oxygen atoms in total. The number of halogens is 2. The lowest BCUT2D eigenvalue weighted by molar-refractivity contribution is 0.242. The second kappa shape index (κ2) is 6.36. The van der Waals surface area contributed by atoms with Crippen molar-refractivity contribution >= 4 is 11.6 Å². The molecule has 1 fully saturated rings. The molecule has 1 saturated heterocycles. The van der Waals surface area contributed by atoms with Crippen LogP contribution < -0.4 is 10.1 Å². The maximum absolute atomic E-state index is 13.7. The summed E-state index contributed by atoms with van der Waals surface area (Å²) in [5.41, 5.74) is 0.873. The lowest BCUT2D eigenvalue weighted by atomic mass is 10.1. The first-order chi connectivity index (χ1) is 8.72. The van der Waals surface area contributed by atoms with Crippen molar-refractivity contribution in [3.8, 4) is 5.75 Å². The fourth-order valence-corrected chi connectivity index (χ4v) is 2.35. The Balaban J connectivity index is 2.02. The average molecular weight is 273 g/mol. The number of hydrogen-bond donors (Lipinski definition) is 1. The van der Waals surface area contributed by atoms with Crippen LogP contribution in [0.4, 0.5) is 4.39 Å². The van der Waals surface area contributed by atoms with Crippen molar-refractivity contribution in [1.82, 2.24) is 10.2 Å². The summed E-state index contributed by atoms with van der Waals surface area (Å²) in [6.07, 6.45) is 0.775. The maximum atomic E-state index is 13.7. The molecule has 1 aliphatic heterocycles. The SMILES string of the molecule is COc1c(CCN2CCNCC2)ccc(Cl)c1F. The van der Waals surface area contributed by atoms with Crippen molar-refractivity contribution in [2.75, 3.05) is 39.8 Å². The second-order valence-corrected chi connectivity index (χ2v) is 4.80. The molecule has 1 aromatic carbocycles. The van der Waals surface area contributed by atoms with Crippen LogP contribution in [0.5, 0.6) is 5.75 Å². The van der Waals surface area contributed by atoms with E-state index in [0.717, 1.165) is 44.7 Å². The van der Waals surface area contributed by atoms with Crippen LogP contribution in [0.3, 0.4) is 0 Å². The summed E-state index contributed by atoms with van der Waals surface area (Å²) in [7, 11) is 1.48. The highest BCUT2D eigenvalue weighted by Crippen LogP contribution is 2.29. The largest absolute Gasteiger partial charge is 0.493 e. The molecule has 0 unspecified atom stereocenters. The van der Waals surface area contributed by atoms with Crippen LogP contribution >= 0.6 is 11.6 Å². The number of piperazine rings is 1. The lowest BCUT2D eigenvalue weighted by Crippen LogP contribution is -2.44. The summed E-state index contributed by atoms with van der Waals surface area (Å²) in [6.45, 7) is 5.04. The quantitative estimate of drug-likeness (QED) is 0.907. The minimum absolute atomic E-state index is 0.109. The Labute approximate surface area is 112 Å². The van der Waals surface area contributed by atoms with E-state index in [2.05, 4.69) is 10.2 Å². The van der Waals surface area contributed by atoms with E-state index in [-0.39, 0.29) is 10.8 Å². The highest BCUT2D eigenvalue weighted by atomic mass is 35.5. The highest BCUT2D eigenvalue weighted by Gasteiger charge is 2.15. The van der Waals surface area contributed by atoms with E-state index in [9.17, 15) is 4.39 Å². The van der Waals surface area contributed by atoms with Crippen LogP contribution in [-0.4, -0.2) is 44.7 Å². The summed E-state index contributed by atoms with van der Waals surface area (Å²) < 4.78 is 18.9. The molecule has 0 amide bonds.